The molecule has 0 amide bonds. The van der Waals surface area contributed by atoms with Crippen molar-refractivity contribution >= 4 is 5.78 Å². The first-order valence-corrected chi connectivity index (χ1v) is 5.17. The van der Waals surface area contributed by atoms with Gasteiger partial charge in [-0.05, 0) is 5.56 Å². The Balaban J connectivity index is 2.65. The van der Waals surface area contributed by atoms with Gasteiger partial charge < -0.3 is 5.11 Å². The minimum absolute atomic E-state index is 0.105. The molecule has 0 bridgehead atoms. The molecule has 0 aliphatic carbocycles. The van der Waals surface area contributed by atoms with E-state index in [1.165, 1.54) is 0 Å². The van der Waals surface area contributed by atoms with Crippen LogP contribution in [0, 0.1) is 5.41 Å². The Labute approximate surface area is 90.9 Å². The maximum absolute atomic E-state index is 11.7. The summed E-state index contributed by atoms with van der Waals surface area (Å²) in [6.45, 7) is 5.47. The number of ketones is 1. The predicted octanol–water partition coefficient (Wildman–Crippen LogP) is 2.21. The molecule has 1 N–H and O–H groups in total. The lowest BCUT2D eigenvalue weighted by Crippen LogP contribution is -2.33. The standard InChI is InChI=1S/C13H18O2/c1-13(2,3)12(15)11(14)9-10-7-5-4-6-8-10/h4-8,11,14H,9H2,1-3H3/t11-/m0/s1. The van der Waals surface area contributed by atoms with Gasteiger partial charge in [0.1, 0.15) is 6.10 Å². The highest BCUT2D eigenvalue weighted by molar-refractivity contribution is 5.87. The second-order valence-electron chi connectivity index (χ2n) is 4.82. The van der Waals surface area contributed by atoms with Crippen molar-refractivity contribution in [1.29, 1.82) is 0 Å². The number of rotatable bonds is 3. The first-order chi connectivity index (χ1) is 6.91. The smallest absolute Gasteiger partial charge is 0.166 e. The van der Waals surface area contributed by atoms with Crippen molar-refractivity contribution in [3.05, 3.63) is 35.9 Å². The van der Waals surface area contributed by atoms with Crippen LogP contribution in [0.1, 0.15) is 26.3 Å². The maximum Gasteiger partial charge on any atom is 0.166 e. The largest absolute Gasteiger partial charge is 0.385 e. The summed E-state index contributed by atoms with van der Waals surface area (Å²) < 4.78 is 0. The summed E-state index contributed by atoms with van der Waals surface area (Å²) in [7, 11) is 0. The summed E-state index contributed by atoms with van der Waals surface area (Å²) in [6, 6.07) is 9.56. The predicted molar refractivity (Wildman–Crippen MR) is 60.6 cm³/mol. The monoisotopic (exact) mass is 206 g/mol. The number of aliphatic hydroxyl groups is 1. The van der Waals surface area contributed by atoms with Crippen LogP contribution in [0.5, 0.6) is 0 Å². The van der Waals surface area contributed by atoms with Gasteiger partial charge in [0, 0.05) is 11.8 Å². The van der Waals surface area contributed by atoms with Gasteiger partial charge in [-0.15, -0.1) is 0 Å². The highest BCUT2D eigenvalue weighted by Gasteiger charge is 2.27. The van der Waals surface area contributed by atoms with E-state index in [1.807, 2.05) is 51.1 Å². The number of hydrogen-bond acceptors (Lipinski definition) is 2. The molecule has 0 heterocycles. The third kappa shape index (κ3) is 3.48. The fraction of sp³-hybridized carbons (Fsp3) is 0.462. The highest BCUT2D eigenvalue weighted by atomic mass is 16.3. The Morgan fingerprint density at radius 1 is 1.27 bits per heavy atom. The molecule has 15 heavy (non-hydrogen) atoms. The van der Waals surface area contributed by atoms with E-state index in [0.717, 1.165) is 5.56 Å². The van der Waals surface area contributed by atoms with Crippen LogP contribution in [0.3, 0.4) is 0 Å². The van der Waals surface area contributed by atoms with Crippen molar-refractivity contribution in [2.24, 2.45) is 5.41 Å². The molecule has 0 fully saturated rings. The molecule has 0 saturated heterocycles. The average Bonchev–Trinajstić information content (AvgIpc) is 2.16. The van der Waals surface area contributed by atoms with Crippen LogP contribution >= 0.6 is 0 Å². The summed E-state index contributed by atoms with van der Waals surface area (Å²) in [5.74, 6) is -0.105. The van der Waals surface area contributed by atoms with Crippen LogP contribution in [-0.4, -0.2) is 17.0 Å². The van der Waals surface area contributed by atoms with Crippen molar-refractivity contribution in [2.45, 2.75) is 33.3 Å². The Bertz CT molecular complexity index is 322. The van der Waals surface area contributed by atoms with Gasteiger partial charge in [0.25, 0.3) is 0 Å². The first kappa shape index (κ1) is 11.9. The third-order valence-corrected chi connectivity index (χ3v) is 2.31. The van der Waals surface area contributed by atoms with Crippen LogP contribution in [-0.2, 0) is 11.2 Å². The van der Waals surface area contributed by atoms with Crippen molar-refractivity contribution in [3.8, 4) is 0 Å². The van der Waals surface area contributed by atoms with E-state index in [2.05, 4.69) is 0 Å². The molecule has 0 saturated carbocycles. The molecule has 82 valence electrons. The van der Waals surface area contributed by atoms with E-state index in [1.54, 1.807) is 0 Å². The van der Waals surface area contributed by atoms with Gasteiger partial charge >= 0.3 is 0 Å². The Kier molecular flexibility index (Phi) is 3.64. The van der Waals surface area contributed by atoms with Crippen LogP contribution in [0.25, 0.3) is 0 Å². The fourth-order valence-corrected chi connectivity index (χ4v) is 1.43. The molecule has 1 atom stereocenters. The van der Waals surface area contributed by atoms with E-state index in [-0.39, 0.29) is 5.78 Å². The number of aliphatic hydroxyl groups excluding tert-OH is 1. The highest BCUT2D eigenvalue weighted by Crippen LogP contribution is 2.18. The molecule has 1 aromatic carbocycles. The molecule has 2 nitrogen and oxygen atoms in total. The molecule has 0 aromatic heterocycles. The van der Waals surface area contributed by atoms with Gasteiger partial charge in [-0.3, -0.25) is 4.79 Å². The molecule has 0 unspecified atom stereocenters. The SMILES string of the molecule is CC(C)(C)C(=O)[C@@H](O)Cc1ccccc1. The Morgan fingerprint density at radius 3 is 2.27 bits per heavy atom. The summed E-state index contributed by atoms with van der Waals surface area (Å²) in [5.41, 5.74) is 0.511. The molecule has 0 aliphatic heterocycles. The summed E-state index contributed by atoms with van der Waals surface area (Å²) in [4.78, 5) is 11.7. The van der Waals surface area contributed by atoms with Gasteiger partial charge in [0.05, 0.1) is 0 Å². The minimum atomic E-state index is -0.896. The van der Waals surface area contributed by atoms with Crippen LogP contribution in [0.15, 0.2) is 30.3 Å². The molecule has 1 rings (SSSR count). The topological polar surface area (TPSA) is 37.3 Å². The number of benzene rings is 1. The zero-order valence-corrected chi connectivity index (χ0v) is 9.53. The Morgan fingerprint density at radius 2 is 1.80 bits per heavy atom. The lowest BCUT2D eigenvalue weighted by atomic mass is 9.86. The molecule has 0 spiro atoms. The van der Waals surface area contributed by atoms with Crippen LogP contribution in [0.4, 0.5) is 0 Å². The third-order valence-electron chi connectivity index (χ3n) is 2.31. The maximum atomic E-state index is 11.7. The first-order valence-electron chi connectivity index (χ1n) is 5.17. The number of Topliss-reactive ketones (excluding diaryl/α,β-unsaturated/α-hetero) is 1. The number of carbonyl (C=O) groups is 1. The second-order valence-corrected chi connectivity index (χ2v) is 4.82. The van der Waals surface area contributed by atoms with Gasteiger partial charge in [-0.2, -0.15) is 0 Å². The van der Waals surface area contributed by atoms with E-state index >= 15 is 0 Å². The summed E-state index contributed by atoms with van der Waals surface area (Å²) >= 11 is 0. The van der Waals surface area contributed by atoms with E-state index in [0.29, 0.717) is 6.42 Å². The zero-order chi connectivity index (χ0) is 11.5. The molecule has 2 heteroatoms. The van der Waals surface area contributed by atoms with Crippen molar-refractivity contribution in [1.82, 2.24) is 0 Å². The van der Waals surface area contributed by atoms with Crippen molar-refractivity contribution in [3.63, 3.8) is 0 Å². The lowest BCUT2D eigenvalue weighted by Gasteiger charge is -2.20. The summed E-state index contributed by atoms with van der Waals surface area (Å²) in [5, 5.41) is 9.76. The number of hydrogen-bond donors (Lipinski definition) is 1. The second kappa shape index (κ2) is 4.58. The molecular formula is C13H18O2. The van der Waals surface area contributed by atoms with E-state index in [4.69, 9.17) is 0 Å². The van der Waals surface area contributed by atoms with Crippen LogP contribution < -0.4 is 0 Å². The molecule has 0 radical (unpaired) electrons. The number of carbonyl (C=O) groups excluding carboxylic acids is 1. The van der Waals surface area contributed by atoms with Gasteiger partial charge in [-0.1, -0.05) is 51.1 Å². The van der Waals surface area contributed by atoms with Crippen LogP contribution in [0.2, 0.25) is 0 Å². The van der Waals surface area contributed by atoms with E-state index in [9.17, 15) is 9.90 Å². The fourth-order valence-electron chi connectivity index (χ4n) is 1.43. The lowest BCUT2D eigenvalue weighted by molar-refractivity contribution is -0.134. The average molecular weight is 206 g/mol. The van der Waals surface area contributed by atoms with Gasteiger partial charge in [-0.25, -0.2) is 0 Å². The van der Waals surface area contributed by atoms with E-state index < -0.39 is 11.5 Å². The zero-order valence-electron chi connectivity index (χ0n) is 9.53. The van der Waals surface area contributed by atoms with Crippen molar-refractivity contribution in [2.75, 3.05) is 0 Å². The molecule has 1 aromatic rings. The molecular weight excluding hydrogens is 188 g/mol. The van der Waals surface area contributed by atoms with Gasteiger partial charge in [0.15, 0.2) is 5.78 Å². The Hall–Kier alpha value is -1.15. The normalized spacial score (nSPS) is 13.6. The minimum Gasteiger partial charge on any atom is -0.385 e. The van der Waals surface area contributed by atoms with Gasteiger partial charge in [0.2, 0.25) is 0 Å². The van der Waals surface area contributed by atoms with Crippen molar-refractivity contribution < 1.29 is 9.90 Å². The quantitative estimate of drug-likeness (QED) is 0.823. The molecule has 0 aliphatic rings. The summed E-state index contributed by atoms with van der Waals surface area (Å²) in [6.07, 6.45) is -0.496.